The van der Waals surface area contributed by atoms with E-state index in [9.17, 15) is 9.18 Å². The Kier molecular flexibility index (Phi) is 4.51. The first-order chi connectivity index (χ1) is 14.5. The van der Waals surface area contributed by atoms with E-state index in [4.69, 9.17) is 16.6 Å². The highest BCUT2D eigenvalue weighted by Crippen LogP contribution is 2.35. The summed E-state index contributed by atoms with van der Waals surface area (Å²) in [5.41, 5.74) is 1.39. The molecule has 3 aliphatic heterocycles. The van der Waals surface area contributed by atoms with Crippen molar-refractivity contribution in [2.24, 2.45) is 0 Å². The number of nitrogens with one attached hydrogen (secondary N) is 1. The molecular formula is C21H18ClFN6O. The predicted molar refractivity (Wildman–Crippen MR) is 113 cm³/mol. The van der Waals surface area contributed by atoms with Gasteiger partial charge in [0.25, 0.3) is 0 Å². The third-order valence-corrected chi connectivity index (χ3v) is 5.91. The average molecular weight is 425 g/mol. The van der Waals surface area contributed by atoms with Crippen LogP contribution in [-0.2, 0) is 4.79 Å². The minimum Gasteiger partial charge on any atom is -0.352 e. The summed E-state index contributed by atoms with van der Waals surface area (Å²) in [5, 5.41) is 3.00. The number of amides is 1. The molecule has 3 aliphatic rings. The lowest BCUT2D eigenvalue weighted by molar-refractivity contribution is -0.140. The Labute approximate surface area is 177 Å². The van der Waals surface area contributed by atoms with Crippen LogP contribution in [0.15, 0.2) is 49.3 Å². The van der Waals surface area contributed by atoms with E-state index >= 15 is 0 Å². The van der Waals surface area contributed by atoms with E-state index in [1.54, 1.807) is 12.1 Å². The Morgan fingerprint density at radius 2 is 2.03 bits per heavy atom. The van der Waals surface area contributed by atoms with Gasteiger partial charge in [0.05, 0.1) is 28.3 Å². The number of hydrogen-bond donors (Lipinski definition) is 1. The first kappa shape index (κ1) is 18.7. The largest absolute Gasteiger partial charge is 0.352 e. The van der Waals surface area contributed by atoms with Crippen LogP contribution in [-0.4, -0.2) is 50.9 Å². The van der Waals surface area contributed by atoms with E-state index in [2.05, 4.69) is 26.8 Å². The molecule has 0 spiro atoms. The maximum Gasteiger partial charge on any atom is 0.246 e. The van der Waals surface area contributed by atoms with E-state index in [0.717, 1.165) is 12.2 Å². The summed E-state index contributed by atoms with van der Waals surface area (Å²) in [6.45, 7) is 4.99. The lowest BCUT2D eigenvalue weighted by Gasteiger charge is -2.56. The summed E-state index contributed by atoms with van der Waals surface area (Å²) in [4.78, 5) is 29.3. The smallest absolute Gasteiger partial charge is 0.246 e. The van der Waals surface area contributed by atoms with E-state index in [1.807, 2.05) is 17.0 Å². The van der Waals surface area contributed by atoms with Gasteiger partial charge in [0, 0.05) is 13.1 Å². The molecule has 1 amide bonds. The van der Waals surface area contributed by atoms with E-state index in [0.29, 0.717) is 29.9 Å². The Morgan fingerprint density at radius 3 is 2.80 bits per heavy atom. The van der Waals surface area contributed by atoms with Crippen molar-refractivity contribution in [2.45, 2.75) is 18.5 Å². The standard InChI is InChI=1S/C21H18ClFN6O/c1-2-18(30)29-12-8-13(29)10-28(9-12)17-7-6-16-20(27-17)21(25-11-24-16)26-15-5-3-4-14(22)19(15)23/h2-7,11-13H,1,8-10H2,(H,24,25,26). The Bertz CT molecular complexity index is 1160. The predicted octanol–water partition coefficient (Wildman–Crippen LogP) is 3.54. The molecule has 30 heavy (non-hydrogen) atoms. The summed E-state index contributed by atoms with van der Waals surface area (Å²) < 4.78 is 14.3. The van der Waals surface area contributed by atoms with Crippen LogP contribution >= 0.6 is 11.6 Å². The Balaban J connectivity index is 1.45. The molecule has 2 bridgehead atoms. The molecule has 2 aromatic heterocycles. The molecule has 6 rings (SSSR count). The molecule has 0 saturated carbocycles. The zero-order valence-electron chi connectivity index (χ0n) is 15.9. The molecule has 5 heterocycles. The average Bonchev–Trinajstić information content (AvgIpc) is 2.76. The fourth-order valence-corrected chi connectivity index (χ4v) is 4.36. The highest BCUT2D eigenvalue weighted by molar-refractivity contribution is 6.31. The molecule has 2 atom stereocenters. The number of halogens is 2. The molecule has 152 valence electrons. The van der Waals surface area contributed by atoms with E-state index in [-0.39, 0.29) is 28.7 Å². The van der Waals surface area contributed by atoms with Crippen molar-refractivity contribution < 1.29 is 9.18 Å². The van der Waals surface area contributed by atoms with Gasteiger partial charge in [-0.25, -0.2) is 19.3 Å². The number of carbonyl (C=O) groups is 1. The third-order valence-electron chi connectivity index (χ3n) is 5.62. The number of piperidine rings is 1. The number of anilines is 3. The van der Waals surface area contributed by atoms with Crippen LogP contribution < -0.4 is 10.2 Å². The topological polar surface area (TPSA) is 74.2 Å². The van der Waals surface area contributed by atoms with Crippen LogP contribution in [0.2, 0.25) is 5.02 Å². The van der Waals surface area contributed by atoms with Crippen molar-refractivity contribution in [3.63, 3.8) is 0 Å². The molecular weight excluding hydrogens is 407 g/mol. The summed E-state index contributed by atoms with van der Waals surface area (Å²) in [7, 11) is 0. The van der Waals surface area contributed by atoms with E-state index < -0.39 is 5.82 Å². The third kappa shape index (κ3) is 3.04. The van der Waals surface area contributed by atoms with Crippen LogP contribution in [0.4, 0.5) is 21.7 Å². The molecule has 3 saturated heterocycles. The van der Waals surface area contributed by atoms with Gasteiger partial charge >= 0.3 is 0 Å². The van der Waals surface area contributed by atoms with Gasteiger partial charge in [0.2, 0.25) is 5.91 Å². The van der Waals surface area contributed by atoms with Gasteiger partial charge in [-0.05, 0) is 36.8 Å². The first-order valence-electron chi connectivity index (χ1n) is 9.57. The monoisotopic (exact) mass is 424 g/mol. The van der Waals surface area contributed by atoms with E-state index in [1.165, 1.54) is 18.5 Å². The quantitative estimate of drug-likeness (QED) is 0.646. The lowest BCUT2D eigenvalue weighted by Crippen LogP contribution is -2.70. The fraction of sp³-hybridized carbons (Fsp3) is 0.238. The summed E-state index contributed by atoms with van der Waals surface area (Å²) in [6.07, 6.45) is 3.77. The minimum atomic E-state index is -0.551. The molecule has 3 fully saturated rings. The fourth-order valence-electron chi connectivity index (χ4n) is 4.19. The number of nitrogens with zero attached hydrogens (tertiary/aromatic N) is 5. The lowest BCUT2D eigenvalue weighted by atomic mass is 9.87. The second-order valence-corrected chi connectivity index (χ2v) is 7.79. The van der Waals surface area contributed by atoms with Crippen molar-refractivity contribution >= 4 is 45.9 Å². The number of hydrogen-bond acceptors (Lipinski definition) is 6. The summed E-state index contributed by atoms with van der Waals surface area (Å²) in [6, 6.07) is 8.83. The minimum absolute atomic E-state index is 0.0224. The highest BCUT2D eigenvalue weighted by atomic mass is 35.5. The molecule has 2 unspecified atom stereocenters. The molecule has 3 aromatic rings. The van der Waals surface area contributed by atoms with Crippen LogP contribution in [0.25, 0.3) is 11.0 Å². The van der Waals surface area contributed by atoms with Gasteiger partial charge in [-0.3, -0.25) is 4.79 Å². The van der Waals surface area contributed by atoms with Gasteiger partial charge in [-0.15, -0.1) is 0 Å². The molecule has 0 radical (unpaired) electrons. The molecule has 1 aromatic carbocycles. The summed E-state index contributed by atoms with van der Waals surface area (Å²) >= 11 is 5.88. The molecule has 7 nitrogen and oxygen atoms in total. The van der Waals surface area contributed by atoms with Gasteiger partial charge in [-0.2, -0.15) is 0 Å². The zero-order valence-corrected chi connectivity index (χ0v) is 16.7. The highest BCUT2D eigenvalue weighted by Gasteiger charge is 2.46. The number of pyridine rings is 1. The van der Waals surface area contributed by atoms with Gasteiger partial charge in [0.1, 0.15) is 17.7 Å². The van der Waals surface area contributed by atoms with Gasteiger partial charge < -0.3 is 15.1 Å². The number of carbonyl (C=O) groups excluding carboxylic acids is 1. The first-order valence-corrected chi connectivity index (χ1v) is 9.95. The number of aromatic nitrogens is 3. The van der Waals surface area contributed by atoms with Crippen LogP contribution in [0.5, 0.6) is 0 Å². The number of benzene rings is 1. The van der Waals surface area contributed by atoms with Gasteiger partial charge in [-0.1, -0.05) is 24.2 Å². The SMILES string of the molecule is C=CC(=O)N1C2CC1CN(c1ccc3ncnc(Nc4cccc(Cl)c4F)c3n1)C2. The maximum absolute atomic E-state index is 14.3. The van der Waals surface area contributed by atoms with Crippen molar-refractivity contribution in [1.29, 1.82) is 0 Å². The van der Waals surface area contributed by atoms with Crippen LogP contribution in [0, 0.1) is 5.82 Å². The van der Waals surface area contributed by atoms with Gasteiger partial charge in [0.15, 0.2) is 11.6 Å². The molecule has 9 heteroatoms. The van der Waals surface area contributed by atoms with Crippen molar-refractivity contribution in [3.05, 3.63) is 60.2 Å². The zero-order chi connectivity index (χ0) is 20.8. The van der Waals surface area contributed by atoms with Crippen molar-refractivity contribution in [1.82, 2.24) is 19.9 Å². The Hall–Kier alpha value is -3.26. The van der Waals surface area contributed by atoms with Crippen LogP contribution in [0.1, 0.15) is 6.42 Å². The number of fused-ring (bicyclic) bond motifs is 3. The van der Waals surface area contributed by atoms with Crippen molar-refractivity contribution in [2.75, 3.05) is 23.3 Å². The Morgan fingerprint density at radius 1 is 1.23 bits per heavy atom. The maximum atomic E-state index is 14.3. The second kappa shape index (κ2) is 7.21. The molecule has 1 N–H and O–H groups in total. The summed E-state index contributed by atoms with van der Waals surface area (Å²) in [5.74, 6) is 0.594. The number of rotatable bonds is 4. The molecule has 0 aliphatic carbocycles. The van der Waals surface area contributed by atoms with Crippen LogP contribution in [0.3, 0.4) is 0 Å². The van der Waals surface area contributed by atoms with Crippen molar-refractivity contribution in [3.8, 4) is 0 Å². The normalized spacial score (nSPS) is 20.1. The number of piperazine rings is 1. The second-order valence-electron chi connectivity index (χ2n) is 7.38.